The van der Waals surface area contributed by atoms with E-state index in [9.17, 15) is 4.79 Å². The fraction of sp³-hybridized carbons (Fsp3) is 0.632. The maximum absolute atomic E-state index is 12.2. The maximum atomic E-state index is 12.2. The van der Waals surface area contributed by atoms with Crippen molar-refractivity contribution in [3.8, 4) is 0 Å². The van der Waals surface area contributed by atoms with Gasteiger partial charge in [0.15, 0.2) is 0 Å². The van der Waals surface area contributed by atoms with E-state index in [0.717, 1.165) is 25.9 Å². The summed E-state index contributed by atoms with van der Waals surface area (Å²) in [5.74, 6) is 0.214. The molecule has 1 aromatic carbocycles. The van der Waals surface area contributed by atoms with Gasteiger partial charge in [-0.05, 0) is 30.9 Å². The highest BCUT2D eigenvalue weighted by atomic mass is 16.2. The molecular weight excluding hydrogens is 286 g/mol. The van der Waals surface area contributed by atoms with E-state index in [0.29, 0.717) is 12.6 Å². The van der Waals surface area contributed by atoms with Gasteiger partial charge in [-0.1, -0.05) is 57.0 Å². The number of rotatable bonds is 7. The average molecular weight is 317 g/mol. The van der Waals surface area contributed by atoms with Gasteiger partial charge in [-0.2, -0.15) is 0 Å². The summed E-state index contributed by atoms with van der Waals surface area (Å²) < 4.78 is 0. The zero-order valence-corrected chi connectivity index (χ0v) is 14.5. The Kier molecular flexibility index (Phi) is 7.06. The molecule has 1 aliphatic rings. The molecule has 4 heteroatoms. The number of carbonyl (C=O) groups is 1. The molecule has 1 amide bonds. The van der Waals surface area contributed by atoms with Gasteiger partial charge in [-0.15, -0.1) is 0 Å². The van der Waals surface area contributed by atoms with Gasteiger partial charge in [0.05, 0.1) is 6.04 Å². The third-order valence-corrected chi connectivity index (χ3v) is 5.05. The van der Waals surface area contributed by atoms with E-state index in [1.807, 2.05) is 13.0 Å². The van der Waals surface area contributed by atoms with E-state index in [2.05, 4.69) is 41.4 Å². The lowest BCUT2D eigenvalue weighted by Gasteiger charge is -2.36. The lowest BCUT2D eigenvalue weighted by Crippen LogP contribution is -2.50. The molecule has 3 unspecified atom stereocenters. The number of hydrogen-bond donors (Lipinski definition) is 2. The Hall–Kier alpha value is -1.39. The molecule has 2 rings (SSSR count). The molecule has 1 fully saturated rings. The molecule has 4 nitrogen and oxygen atoms in total. The fourth-order valence-corrected chi connectivity index (χ4v) is 3.17. The molecule has 0 aliphatic carbocycles. The van der Waals surface area contributed by atoms with Crippen LogP contribution in [-0.4, -0.2) is 36.0 Å². The molecule has 1 heterocycles. The Bertz CT molecular complexity index is 477. The molecule has 1 aliphatic heterocycles. The SMILES string of the molecule is CCC(C)C(N)C(=O)NCC1CCCCN1Cc1ccccc1. The molecular formula is C19H31N3O. The van der Waals surface area contributed by atoms with Crippen molar-refractivity contribution in [3.63, 3.8) is 0 Å². The second kappa shape index (κ2) is 9.04. The first-order valence-electron chi connectivity index (χ1n) is 8.93. The van der Waals surface area contributed by atoms with Crippen LogP contribution in [0.15, 0.2) is 30.3 Å². The van der Waals surface area contributed by atoms with Crippen molar-refractivity contribution < 1.29 is 4.79 Å². The number of piperidine rings is 1. The van der Waals surface area contributed by atoms with Crippen molar-refractivity contribution in [1.29, 1.82) is 0 Å². The molecule has 128 valence electrons. The zero-order valence-electron chi connectivity index (χ0n) is 14.5. The van der Waals surface area contributed by atoms with Crippen LogP contribution in [-0.2, 0) is 11.3 Å². The molecule has 0 bridgehead atoms. The van der Waals surface area contributed by atoms with Gasteiger partial charge < -0.3 is 11.1 Å². The molecule has 0 spiro atoms. The third-order valence-electron chi connectivity index (χ3n) is 5.05. The Morgan fingerprint density at radius 2 is 2.09 bits per heavy atom. The van der Waals surface area contributed by atoms with Crippen molar-refractivity contribution in [2.45, 2.75) is 58.2 Å². The van der Waals surface area contributed by atoms with Crippen molar-refractivity contribution in [2.24, 2.45) is 11.7 Å². The van der Waals surface area contributed by atoms with Crippen LogP contribution in [0.2, 0.25) is 0 Å². The topological polar surface area (TPSA) is 58.4 Å². The summed E-state index contributed by atoms with van der Waals surface area (Å²) in [6.45, 7) is 6.87. The maximum Gasteiger partial charge on any atom is 0.237 e. The predicted molar refractivity (Wildman–Crippen MR) is 94.9 cm³/mol. The minimum atomic E-state index is -0.397. The zero-order chi connectivity index (χ0) is 16.7. The first-order chi connectivity index (χ1) is 11.1. The highest BCUT2D eigenvalue weighted by Crippen LogP contribution is 2.19. The van der Waals surface area contributed by atoms with E-state index in [1.54, 1.807) is 0 Å². The molecule has 1 aromatic rings. The van der Waals surface area contributed by atoms with Crippen molar-refractivity contribution >= 4 is 5.91 Å². The first-order valence-corrected chi connectivity index (χ1v) is 8.93. The Labute approximate surface area is 140 Å². The number of hydrogen-bond acceptors (Lipinski definition) is 3. The van der Waals surface area contributed by atoms with Crippen LogP contribution in [0.25, 0.3) is 0 Å². The number of nitrogens with two attached hydrogens (primary N) is 1. The monoisotopic (exact) mass is 317 g/mol. The molecule has 1 saturated heterocycles. The van der Waals surface area contributed by atoms with Gasteiger partial charge in [-0.25, -0.2) is 0 Å². The van der Waals surface area contributed by atoms with Gasteiger partial charge in [-0.3, -0.25) is 9.69 Å². The minimum absolute atomic E-state index is 0.00964. The van der Waals surface area contributed by atoms with E-state index in [4.69, 9.17) is 5.73 Å². The fourth-order valence-electron chi connectivity index (χ4n) is 3.17. The number of nitrogens with one attached hydrogen (secondary N) is 1. The van der Waals surface area contributed by atoms with Crippen LogP contribution in [0.4, 0.5) is 0 Å². The molecule has 23 heavy (non-hydrogen) atoms. The number of amides is 1. The van der Waals surface area contributed by atoms with E-state index < -0.39 is 6.04 Å². The largest absolute Gasteiger partial charge is 0.353 e. The second-order valence-electron chi connectivity index (χ2n) is 6.76. The summed E-state index contributed by atoms with van der Waals surface area (Å²) in [4.78, 5) is 14.7. The smallest absolute Gasteiger partial charge is 0.237 e. The summed E-state index contributed by atoms with van der Waals surface area (Å²) in [7, 11) is 0. The minimum Gasteiger partial charge on any atom is -0.353 e. The number of benzene rings is 1. The Morgan fingerprint density at radius 1 is 1.35 bits per heavy atom. The highest BCUT2D eigenvalue weighted by Gasteiger charge is 2.25. The van der Waals surface area contributed by atoms with Crippen LogP contribution in [0.5, 0.6) is 0 Å². The lowest BCUT2D eigenvalue weighted by atomic mass is 9.98. The van der Waals surface area contributed by atoms with Crippen LogP contribution in [0, 0.1) is 5.92 Å². The Morgan fingerprint density at radius 3 is 2.78 bits per heavy atom. The van der Waals surface area contributed by atoms with Gasteiger partial charge in [0, 0.05) is 19.1 Å². The standard InChI is InChI=1S/C19H31N3O/c1-3-15(2)18(20)19(23)21-13-17-11-7-8-12-22(17)14-16-9-5-4-6-10-16/h4-6,9-10,15,17-18H,3,7-8,11-14,20H2,1-2H3,(H,21,23). The van der Waals surface area contributed by atoms with Crippen LogP contribution < -0.4 is 11.1 Å². The summed E-state index contributed by atoms with van der Waals surface area (Å²) in [5.41, 5.74) is 7.35. The third kappa shape index (κ3) is 5.33. The van der Waals surface area contributed by atoms with E-state index >= 15 is 0 Å². The summed E-state index contributed by atoms with van der Waals surface area (Å²) >= 11 is 0. The summed E-state index contributed by atoms with van der Waals surface area (Å²) in [6, 6.07) is 10.6. The van der Waals surface area contributed by atoms with E-state index in [-0.39, 0.29) is 11.8 Å². The lowest BCUT2D eigenvalue weighted by molar-refractivity contribution is -0.123. The average Bonchev–Trinajstić information content (AvgIpc) is 2.60. The van der Waals surface area contributed by atoms with Crippen LogP contribution in [0.3, 0.4) is 0 Å². The normalized spacial score (nSPS) is 21.6. The predicted octanol–water partition coefficient (Wildman–Crippen LogP) is 2.53. The van der Waals surface area contributed by atoms with Crippen molar-refractivity contribution in [2.75, 3.05) is 13.1 Å². The van der Waals surface area contributed by atoms with Crippen LogP contribution in [0.1, 0.15) is 45.1 Å². The van der Waals surface area contributed by atoms with Gasteiger partial charge in [0.25, 0.3) is 0 Å². The van der Waals surface area contributed by atoms with Gasteiger partial charge in [0.2, 0.25) is 5.91 Å². The molecule has 3 atom stereocenters. The number of nitrogens with zero attached hydrogens (tertiary/aromatic N) is 1. The molecule has 0 aromatic heterocycles. The van der Waals surface area contributed by atoms with E-state index in [1.165, 1.54) is 18.4 Å². The molecule has 0 radical (unpaired) electrons. The summed E-state index contributed by atoms with van der Waals surface area (Å²) in [5, 5.41) is 3.08. The number of carbonyl (C=O) groups excluding carboxylic acids is 1. The quantitative estimate of drug-likeness (QED) is 0.812. The Balaban J connectivity index is 1.87. The van der Waals surface area contributed by atoms with Crippen LogP contribution >= 0.6 is 0 Å². The molecule has 0 saturated carbocycles. The van der Waals surface area contributed by atoms with Gasteiger partial charge in [0.1, 0.15) is 0 Å². The second-order valence-corrected chi connectivity index (χ2v) is 6.76. The number of likely N-dealkylation sites (tertiary alicyclic amines) is 1. The van der Waals surface area contributed by atoms with Crippen molar-refractivity contribution in [3.05, 3.63) is 35.9 Å². The first kappa shape index (κ1) is 18.0. The molecule has 3 N–H and O–H groups in total. The van der Waals surface area contributed by atoms with Gasteiger partial charge >= 0.3 is 0 Å². The summed E-state index contributed by atoms with van der Waals surface area (Å²) in [6.07, 6.45) is 4.55. The van der Waals surface area contributed by atoms with Crippen molar-refractivity contribution in [1.82, 2.24) is 10.2 Å². The highest BCUT2D eigenvalue weighted by molar-refractivity contribution is 5.81.